The molecule has 0 bridgehead atoms. The number of nitrogens with one attached hydrogen (secondary N) is 2. The number of aromatic nitrogens is 3. The molecule has 2 rings (SSSR count). The second kappa shape index (κ2) is 6.46. The van der Waals surface area contributed by atoms with Crippen LogP contribution in [0.3, 0.4) is 0 Å². The van der Waals surface area contributed by atoms with Crippen molar-refractivity contribution in [3.63, 3.8) is 0 Å². The van der Waals surface area contributed by atoms with E-state index in [0.717, 1.165) is 5.56 Å². The standard InChI is InChI=1S/C12H18N4O3/c17-4-1-2-16(3-5-18)7-9-6-13-11-10(9)14-8-15-12(11)19/h6,8,13,17-18H,1-5,7H2,(H,14,15,19). The first-order valence-corrected chi connectivity index (χ1v) is 6.24. The van der Waals surface area contributed by atoms with E-state index >= 15 is 0 Å². The minimum Gasteiger partial charge on any atom is -0.396 e. The van der Waals surface area contributed by atoms with Crippen LogP contribution in [0.2, 0.25) is 0 Å². The van der Waals surface area contributed by atoms with E-state index in [0.29, 0.717) is 37.1 Å². The third-order valence-electron chi connectivity index (χ3n) is 2.99. The van der Waals surface area contributed by atoms with E-state index < -0.39 is 0 Å². The van der Waals surface area contributed by atoms with Gasteiger partial charge < -0.3 is 20.2 Å². The summed E-state index contributed by atoms with van der Waals surface area (Å²) < 4.78 is 0. The van der Waals surface area contributed by atoms with Crippen LogP contribution in [0, 0.1) is 0 Å². The summed E-state index contributed by atoms with van der Waals surface area (Å²) in [5.74, 6) is 0. The fraction of sp³-hybridized carbons (Fsp3) is 0.500. The Hall–Kier alpha value is -1.70. The highest BCUT2D eigenvalue weighted by atomic mass is 16.3. The van der Waals surface area contributed by atoms with Gasteiger partial charge in [0.2, 0.25) is 0 Å². The molecule has 7 heteroatoms. The van der Waals surface area contributed by atoms with Crippen LogP contribution in [0.4, 0.5) is 0 Å². The minimum absolute atomic E-state index is 0.0573. The molecule has 0 spiro atoms. The molecule has 104 valence electrons. The molecule has 19 heavy (non-hydrogen) atoms. The molecule has 0 fully saturated rings. The van der Waals surface area contributed by atoms with E-state index in [1.165, 1.54) is 6.33 Å². The highest BCUT2D eigenvalue weighted by Crippen LogP contribution is 2.14. The fourth-order valence-electron chi connectivity index (χ4n) is 2.07. The summed E-state index contributed by atoms with van der Waals surface area (Å²) in [5, 5.41) is 17.9. The number of aliphatic hydroxyl groups excluding tert-OH is 2. The number of hydrogen-bond acceptors (Lipinski definition) is 5. The predicted molar refractivity (Wildman–Crippen MR) is 70.8 cm³/mol. The zero-order chi connectivity index (χ0) is 13.7. The second-order valence-corrected chi connectivity index (χ2v) is 4.35. The second-order valence-electron chi connectivity index (χ2n) is 4.35. The van der Waals surface area contributed by atoms with Crippen LogP contribution >= 0.6 is 0 Å². The quantitative estimate of drug-likeness (QED) is 0.537. The Balaban J connectivity index is 2.19. The number of aliphatic hydroxyl groups is 2. The maximum atomic E-state index is 11.6. The smallest absolute Gasteiger partial charge is 0.275 e. The van der Waals surface area contributed by atoms with Crippen LogP contribution in [0.25, 0.3) is 11.0 Å². The molecule has 0 aliphatic carbocycles. The first-order valence-electron chi connectivity index (χ1n) is 6.24. The van der Waals surface area contributed by atoms with Crippen molar-refractivity contribution >= 4 is 11.0 Å². The number of fused-ring (bicyclic) bond motifs is 1. The Morgan fingerprint density at radius 3 is 2.79 bits per heavy atom. The van der Waals surface area contributed by atoms with Gasteiger partial charge in [-0.3, -0.25) is 9.69 Å². The minimum atomic E-state index is -0.194. The van der Waals surface area contributed by atoms with Crippen LogP contribution in [-0.2, 0) is 6.54 Å². The van der Waals surface area contributed by atoms with E-state index in [9.17, 15) is 4.79 Å². The van der Waals surface area contributed by atoms with Gasteiger partial charge in [-0.15, -0.1) is 0 Å². The number of nitrogens with zero attached hydrogens (tertiary/aromatic N) is 2. The van der Waals surface area contributed by atoms with E-state index in [1.807, 2.05) is 4.90 Å². The number of rotatable bonds is 7. The van der Waals surface area contributed by atoms with Gasteiger partial charge in [-0.2, -0.15) is 0 Å². The highest BCUT2D eigenvalue weighted by molar-refractivity contribution is 5.77. The Bertz CT molecular complexity index is 578. The summed E-state index contributed by atoms with van der Waals surface area (Å²) in [7, 11) is 0. The van der Waals surface area contributed by atoms with Crippen molar-refractivity contribution in [2.24, 2.45) is 0 Å². The summed E-state index contributed by atoms with van der Waals surface area (Å²) in [6, 6.07) is 0. The van der Waals surface area contributed by atoms with Crippen LogP contribution < -0.4 is 5.56 Å². The summed E-state index contributed by atoms with van der Waals surface area (Å²) >= 11 is 0. The van der Waals surface area contributed by atoms with Gasteiger partial charge in [0.25, 0.3) is 5.56 Å². The third-order valence-corrected chi connectivity index (χ3v) is 2.99. The van der Waals surface area contributed by atoms with Gasteiger partial charge in [0, 0.05) is 38.0 Å². The third kappa shape index (κ3) is 3.19. The van der Waals surface area contributed by atoms with Crippen LogP contribution in [0.15, 0.2) is 17.3 Å². The topological polar surface area (TPSA) is 105 Å². The first kappa shape index (κ1) is 13.7. The molecule has 0 aliphatic heterocycles. The molecule has 0 aliphatic rings. The Morgan fingerprint density at radius 2 is 2.05 bits per heavy atom. The maximum Gasteiger partial charge on any atom is 0.275 e. The van der Waals surface area contributed by atoms with Crippen LogP contribution in [0.1, 0.15) is 12.0 Å². The molecule has 2 aromatic rings. The lowest BCUT2D eigenvalue weighted by molar-refractivity contribution is 0.174. The zero-order valence-corrected chi connectivity index (χ0v) is 10.6. The van der Waals surface area contributed by atoms with E-state index in [1.54, 1.807) is 6.20 Å². The van der Waals surface area contributed by atoms with E-state index in [2.05, 4.69) is 15.0 Å². The maximum absolute atomic E-state index is 11.6. The van der Waals surface area contributed by atoms with Gasteiger partial charge in [-0.25, -0.2) is 4.98 Å². The van der Waals surface area contributed by atoms with E-state index in [4.69, 9.17) is 10.2 Å². The van der Waals surface area contributed by atoms with Crippen molar-refractivity contribution in [2.75, 3.05) is 26.3 Å². The molecule has 4 N–H and O–H groups in total. The van der Waals surface area contributed by atoms with Crippen molar-refractivity contribution in [3.8, 4) is 0 Å². The molecule has 0 saturated heterocycles. The van der Waals surface area contributed by atoms with Gasteiger partial charge in [0.05, 0.1) is 18.5 Å². The Kier molecular flexibility index (Phi) is 4.67. The monoisotopic (exact) mass is 266 g/mol. The lowest BCUT2D eigenvalue weighted by Gasteiger charge is -2.20. The van der Waals surface area contributed by atoms with Gasteiger partial charge in [-0.05, 0) is 6.42 Å². The summed E-state index contributed by atoms with van der Waals surface area (Å²) in [4.78, 5) is 23.2. The molecule has 2 aromatic heterocycles. The molecular formula is C12H18N4O3. The highest BCUT2D eigenvalue weighted by Gasteiger charge is 2.11. The molecule has 7 nitrogen and oxygen atoms in total. The van der Waals surface area contributed by atoms with Gasteiger partial charge >= 0.3 is 0 Å². The summed E-state index contributed by atoms with van der Waals surface area (Å²) in [6.45, 7) is 1.97. The largest absolute Gasteiger partial charge is 0.396 e. The molecule has 0 atom stereocenters. The Morgan fingerprint density at radius 1 is 1.21 bits per heavy atom. The normalized spacial score (nSPS) is 11.5. The van der Waals surface area contributed by atoms with Crippen molar-refractivity contribution in [3.05, 3.63) is 28.4 Å². The fourth-order valence-corrected chi connectivity index (χ4v) is 2.07. The average Bonchev–Trinajstić information content (AvgIpc) is 2.81. The van der Waals surface area contributed by atoms with Gasteiger partial charge in [0.1, 0.15) is 5.52 Å². The van der Waals surface area contributed by atoms with Crippen LogP contribution in [-0.4, -0.2) is 56.4 Å². The number of aromatic amines is 2. The lowest BCUT2D eigenvalue weighted by Crippen LogP contribution is -2.28. The van der Waals surface area contributed by atoms with Crippen molar-refractivity contribution in [2.45, 2.75) is 13.0 Å². The SMILES string of the molecule is O=c1[nH]cnc2c(CN(CCO)CCCO)c[nH]c12. The van der Waals surface area contributed by atoms with Crippen molar-refractivity contribution in [1.29, 1.82) is 0 Å². The molecule has 2 heterocycles. The van der Waals surface area contributed by atoms with Gasteiger partial charge in [-0.1, -0.05) is 0 Å². The summed E-state index contributed by atoms with van der Waals surface area (Å²) in [5.41, 5.74) is 1.83. The molecular weight excluding hydrogens is 248 g/mol. The molecule has 0 saturated carbocycles. The summed E-state index contributed by atoms with van der Waals surface area (Å²) in [6.07, 6.45) is 3.79. The molecule has 0 amide bonds. The lowest BCUT2D eigenvalue weighted by atomic mass is 10.2. The van der Waals surface area contributed by atoms with E-state index in [-0.39, 0.29) is 18.8 Å². The Labute approximate surface area is 109 Å². The molecule has 0 radical (unpaired) electrons. The van der Waals surface area contributed by atoms with Crippen LogP contribution in [0.5, 0.6) is 0 Å². The number of H-pyrrole nitrogens is 2. The number of hydrogen-bond donors (Lipinski definition) is 4. The average molecular weight is 266 g/mol. The molecule has 0 aromatic carbocycles. The first-order chi connectivity index (χ1) is 9.26. The predicted octanol–water partition coefficient (Wildman–Crippen LogP) is -0.572. The zero-order valence-electron chi connectivity index (χ0n) is 10.6. The van der Waals surface area contributed by atoms with Crippen molar-refractivity contribution < 1.29 is 10.2 Å². The molecule has 0 unspecified atom stereocenters. The van der Waals surface area contributed by atoms with Crippen molar-refractivity contribution in [1.82, 2.24) is 19.9 Å². The van der Waals surface area contributed by atoms with Gasteiger partial charge in [0.15, 0.2) is 0 Å².